The molecule has 80 valence electrons. The van der Waals surface area contributed by atoms with Crippen molar-refractivity contribution in [2.75, 3.05) is 0 Å². The summed E-state index contributed by atoms with van der Waals surface area (Å²) in [6.45, 7) is 1.98. The minimum Gasteiger partial charge on any atom is -0.336 e. The van der Waals surface area contributed by atoms with Crippen LogP contribution >= 0.6 is 27.3 Å². The van der Waals surface area contributed by atoms with Gasteiger partial charge < -0.3 is 4.98 Å². The Morgan fingerprint density at radius 3 is 2.94 bits per heavy atom. The normalized spacial score (nSPS) is 11.1. The number of nitrogens with zero attached hydrogens (tertiary/aromatic N) is 3. The van der Waals surface area contributed by atoms with E-state index in [9.17, 15) is 0 Å². The average molecular weight is 295 g/mol. The van der Waals surface area contributed by atoms with E-state index in [-0.39, 0.29) is 0 Å². The topological polar surface area (TPSA) is 54.5 Å². The maximum Gasteiger partial charge on any atom is 0.178 e. The molecule has 0 amide bonds. The van der Waals surface area contributed by atoms with Gasteiger partial charge in [-0.05, 0) is 28.9 Å². The minimum atomic E-state index is 0.726. The Balaban J connectivity index is 2.18. The number of halogens is 1. The van der Waals surface area contributed by atoms with E-state index in [0.29, 0.717) is 0 Å². The standard InChI is InChI=1S/C10H7BrN4S/c1-5-12-4-8(16-5)10-14-7-2-6(11)3-13-9(7)15-10/h2-4H,1H3,(H,13,14,15). The molecule has 16 heavy (non-hydrogen) atoms. The van der Waals surface area contributed by atoms with Crippen LogP contribution in [0.5, 0.6) is 0 Å². The third-order valence-electron chi connectivity index (χ3n) is 2.16. The Bertz CT molecular complexity index is 658. The number of thiazole rings is 1. The molecule has 0 fully saturated rings. The molecule has 6 heteroatoms. The molecule has 0 bridgehead atoms. The summed E-state index contributed by atoms with van der Waals surface area (Å²) >= 11 is 5.00. The molecule has 0 aromatic carbocycles. The molecule has 0 aliphatic rings. The Labute approximate surface area is 104 Å². The molecule has 0 radical (unpaired) electrons. The summed E-state index contributed by atoms with van der Waals surface area (Å²) in [4.78, 5) is 17.1. The van der Waals surface area contributed by atoms with E-state index < -0.39 is 0 Å². The minimum absolute atomic E-state index is 0.726. The van der Waals surface area contributed by atoms with Crippen LogP contribution in [-0.4, -0.2) is 19.9 Å². The molecule has 0 spiro atoms. The molecule has 0 aliphatic carbocycles. The van der Waals surface area contributed by atoms with Gasteiger partial charge in [0.25, 0.3) is 0 Å². The van der Waals surface area contributed by atoms with E-state index in [1.807, 2.05) is 19.2 Å². The van der Waals surface area contributed by atoms with Crippen molar-refractivity contribution in [1.82, 2.24) is 19.9 Å². The summed E-state index contributed by atoms with van der Waals surface area (Å²) in [6.07, 6.45) is 3.57. The fraction of sp³-hybridized carbons (Fsp3) is 0.100. The van der Waals surface area contributed by atoms with Gasteiger partial charge in [-0.15, -0.1) is 11.3 Å². The number of pyridine rings is 1. The molecule has 0 aliphatic heterocycles. The summed E-state index contributed by atoms with van der Waals surface area (Å²) in [5, 5.41) is 1.03. The zero-order valence-corrected chi connectivity index (χ0v) is 10.8. The lowest BCUT2D eigenvalue weighted by Crippen LogP contribution is -1.75. The van der Waals surface area contributed by atoms with Crippen LogP contribution in [0.15, 0.2) is 22.9 Å². The lowest BCUT2D eigenvalue weighted by molar-refractivity contribution is 1.28. The van der Waals surface area contributed by atoms with Crippen molar-refractivity contribution in [2.45, 2.75) is 6.92 Å². The largest absolute Gasteiger partial charge is 0.336 e. The predicted molar refractivity (Wildman–Crippen MR) is 67.4 cm³/mol. The number of rotatable bonds is 1. The number of imidazole rings is 1. The monoisotopic (exact) mass is 294 g/mol. The summed E-state index contributed by atoms with van der Waals surface area (Å²) in [5.74, 6) is 0.825. The molecule has 3 aromatic heterocycles. The number of aromatic nitrogens is 4. The van der Waals surface area contributed by atoms with Crippen molar-refractivity contribution in [3.63, 3.8) is 0 Å². The van der Waals surface area contributed by atoms with Crippen LogP contribution in [0.3, 0.4) is 0 Å². The number of aryl methyl sites for hydroxylation is 1. The third-order valence-corrected chi connectivity index (χ3v) is 3.51. The predicted octanol–water partition coefficient (Wildman–Crippen LogP) is 3.15. The Morgan fingerprint density at radius 1 is 1.31 bits per heavy atom. The van der Waals surface area contributed by atoms with E-state index in [4.69, 9.17) is 0 Å². The van der Waals surface area contributed by atoms with Crippen molar-refractivity contribution in [3.05, 3.63) is 27.9 Å². The SMILES string of the molecule is Cc1ncc(-c2nc3ncc(Br)cc3[nH]2)s1. The Kier molecular flexibility index (Phi) is 2.26. The van der Waals surface area contributed by atoms with Crippen molar-refractivity contribution >= 4 is 38.4 Å². The summed E-state index contributed by atoms with van der Waals surface area (Å²) in [6, 6.07) is 1.97. The van der Waals surface area contributed by atoms with Gasteiger partial charge in [0.05, 0.1) is 15.4 Å². The number of nitrogens with one attached hydrogen (secondary N) is 1. The maximum absolute atomic E-state index is 4.42. The molecule has 0 saturated carbocycles. The lowest BCUT2D eigenvalue weighted by atomic mass is 10.4. The molecule has 0 saturated heterocycles. The van der Waals surface area contributed by atoms with Gasteiger partial charge in [-0.3, -0.25) is 0 Å². The summed E-state index contributed by atoms with van der Waals surface area (Å²) in [5.41, 5.74) is 1.65. The second-order valence-corrected chi connectivity index (χ2v) is 5.50. The molecule has 0 atom stereocenters. The summed E-state index contributed by atoms with van der Waals surface area (Å²) in [7, 11) is 0. The van der Waals surface area contributed by atoms with Gasteiger partial charge in [-0.25, -0.2) is 15.0 Å². The highest BCUT2D eigenvalue weighted by Crippen LogP contribution is 2.25. The highest BCUT2D eigenvalue weighted by atomic mass is 79.9. The number of hydrogen-bond donors (Lipinski definition) is 1. The first-order valence-electron chi connectivity index (χ1n) is 4.66. The van der Waals surface area contributed by atoms with Crippen molar-refractivity contribution in [1.29, 1.82) is 0 Å². The quantitative estimate of drug-likeness (QED) is 0.750. The van der Waals surface area contributed by atoms with E-state index >= 15 is 0 Å². The highest BCUT2D eigenvalue weighted by molar-refractivity contribution is 9.10. The first-order chi connectivity index (χ1) is 7.72. The van der Waals surface area contributed by atoms with Gasteiger partial charge in [0.2, 0.25) is 0 Å². The van der Waals surface area contributed by atoms with Crippen LogP contribution in [0.4, 0.5) is 0 Å². The average Bonchev–Trinajstić information content (AvgIpc) is 2.83. The zero-order valence-electron chi connectivity index (χ0n) is 8.36. The molecule has 3 aromatic rings. The first kappa shape index (κ1) is 9.92. The van der Waals surface area contributed by atoms with Gasteiger partial charge in [0, 0.05) is 16.9 Å². The maximum atomic E-state index is 4.42. The molecule has 1 N–H and O–H groups in total. The van der Waals surface area contributed by atoms with E-state index in [1.54, 1.807) is 17.5 Å². The van der Waals surface area contributed by atoms with Gasteiger partial charge in [0.15, 0.2) is 11.5 Å². The smallest absolute Gasteiger partial charge is 0.178 e. The van der Waals surface area contributed by atoms with Crippen LogP contribution in [-0.2, 0) is 0 Å². The second kappa shape index (κ2) is 3.64. The van der Waals surface area contributed by atoms with Gasteiger partial charge in [-0.2, -0.15) is 0 Å². The van der Waals surface area contributed by atoms with E-state index in [0.717, 1.165) is 31.3 Å². The fourth-order valence-electron chi connectivity index (χ4n) is 1.46. The molecular weight excluding hydrogens is 288 g/mol. The number of H-pyrrole nitrogens is 1. The molecule has 3 rings (SSSR count). The first-order valence-corrected chi connectivity index (χ1v) is 6.27. The highest BCUT2D eigenvalue weighted by Gasteiger charge is 2.08. The lowest BCUT2D eigenvalue weighted by Gasteiger charge is -1.87. The second-order valence-electron chi connectivity index (χ2n) is 3.35. The van der Waals surface area contributed by atoms with E-state index in [1.165, 1.54) is 0 Å². The molecule has 4 nitrogen and oxygen atoms in total. The molecule has 3 heterocycles. The Morgan fingerprint density at radius 2 is 2.19 bits per heavy atom. The van der Waals surface area contributed by atoms with Crippen molar-refractivity contribution < 1.29 is 0 Å². The van der Waals surface area contributed by atoms with Crippen LogP contribution in [0, 0.1) is 6.92 Å². The van der Waals surface area contributed by atoms with Gasteiger partial charge in [-0.1, -0.05) is 0 Å². The molecule has 0 unspecified atom stereocenters. The van der Waals surface area contributed by atoms with Crippen LogP contribution < -0.4 is 0 Å². The van der Waals surface area contributed by atoms with Crippen LogP contribution in [0.2, 0.25) is 0 Å². The fourth-order valence-corrected chi connectivity index (χ4v) is 2.52. The number of hydrogen-bond acceptors (Lipinski definition) is 4. The van der Waals surface area contributed by atoms with Crippen molar-refractivity contribution in [3.8, 4) is 10.7 Å². The van der Waals surface area contributed by atoms with Crippen LogP contribution in [0.25, 0.3) is 21.9 Å². The van der Waals surface area contributed by atoms with Gasteiger partial charge >= 0.3 is 0 Å². The zero-order chi connectivity index (χ0) is 11.1. The number of fused-ring (bicyclic) bond motifs is 1. The van der Waals surface area contributed by atoms with E-state index in [2.05, 4.69) is 35.9 Å². The number of aromatic amines is 1. The van der Waals surface area contributed by atoms with Crippen molar-refractivity contribution in [2.24, 2.45) is 0 Å². The van der Waals surface area contributed by atoms with Gasteiger partial charge in [0.1, 0.15) is 0 Å². The summed E-state index contributed by atoms with van der Waals surface area (Å²) < 4.78 is 0.940. The Hall–Kier alpha value is -1.27. The molecular formula is C10H7BrN4S. The third kappa shape index (κ3) is 1.64. The van der Waals surface area contributed by atoms with Crippen LogP contribution in [0.1, 0.15) is 5.01 Å².